The van der Waals surface area contributed by atoms with Gasteiger partial charge in [0.2, 0.25) is 11.8 Å². The zero-order valence-electron chi connectivity index (χ0n) is 14.1. The predicted octanol–water partition coefficient (Wildman–Crippen LogP) is 1.26. The van der Waals surface area contributed by atoms with E-state index in [0.29, 0.717) is 37.6 Å². The van der Waals surface area contributed by atoms with Crippen LogP contribution in [-0.4, -0.2) is 57.1 Å². The highest BCUT2D eigenvalue weighted by Crippen LogP contribution is 2.14. The highest BCUT2D eigenvalue weighted by atomic mass is 16.5. The van der Waals surface area contributed by atoms with Crippen LogP contribution in [0.5, 0.6) is 0 Å². The Labute approximate surface area is 140 Å². The maximum absolute atomic E-state index is 12.3. The quantitative estimate of drug-likeness (QED) is 0.815. The van der Waals surface area contributed by atoms with E-state index >= 15 is 0 Å². The van der Waals surface area contributed by atoms with Gasteiger partial charge in [0.15, 0.2) is 5.82 Å². The van der Waals surface area contributed by atoms with Crippen LogP contribution in [0.2, 0.25) is 0 Å². The number of piperazine rings is 1. The Balaban J connectivity index is 1.46. The molecule has 8 heteroatoms. The van der Waals surface area contributed by atoms with Crippen LogP contribution < -0.4 is 4.90 Å². The molecule has 2 aromatic heterocycles. The number of carbonyl (C=O) groups is 1. The molecule has 0 unspecified atom stereocenters. The molecule has 3 rings (SSSR count). The molecule has 1 aliphatic rings. The fraction of sp³-hybridized carbons (Fsp3) is 0.562. The van der Waals surface area contributed by atoms with Gasteiger partial charge in [0, 0.05) is 57.3 Å². The van der Waals surface area contributed by atoms with Crippen molar-refractivity contribution in [3.8, 4) is 0 Å². The van der Waals surface area contributed by atoms with Crippen LogP contribution in [0, 0.1) is 0 Å². The lowest BCUT2D eigenvalue weighted by atomic mass is 10.2. The summed E-state index contributed by atoms with van der Waals surface area (Å²) < 4.78 is 5.18. The van der Waals surface area contributed by atoms with E-state index in [1.54, 1.807) is 18.6 Å². The lowest BCUT2D eigenvalue weighted by molar-refractivity contribution is -0.131. The first-order chi connectivity index (χ1) is 11.6. The zero-order valence-corrected chi connectivity index (χ0v) is 14.1. The Morgan fingerprint density at radius 2 is 2.04 bits per heavy atom. The standard InChI is InChI=1S/C16H22N6O2/c1-12(2)16-19-14(24-20-16)3-4-15(23)22-9-7-21(8-10-22)13-11-17-5-6-18-13/h5-6,11-12H,3-4,7-10H2,1-2H3. The molecule has 1 amide bonds. The van der Waals surface area contributed by atoms with E-state index in [0.717, 1.165) is 18.9 Å². The molecular formula is C16H22N6O2. The minimum Gasteiger partial charge on any atom is -0.352 e. The molecule has 8 nitrogen and oxygen atoms in total. The van der Waals surface area contributed by atoms with E-state index < -0.39 is 0 Å². The number of rotatable bonds is 5. The average molecular weight is 330 g/mol. The van der Waals surface area contributed by atoms with E-state index in [4.69, 9.17) is 4.52 Å². The molecule has 0 atom stereocenters. The third-order valence-electron chi connectivity index (χ3n) is 4.06. The molecule has 128 valence electrons. The zero-order chi connectivity index (χ0) is 16.9. The van der Waals surface area contributed by atoms with Gasteiger partial charge in [-0.15, -0.1) is 0 Å². The normalized spacial score (nSPS) is 15.1. The maximum atomic E-state index is 12.3. The summed E-state index contributed by atoms with van der Waals surface area (Å²) in [6.45, 7) is 6.94. The van der Waals surface area contributed by atoms with E-state index in [1.807, 2.05) is 18.7 Å². The minimum absolute atomic E-state index is 0.123. The van der Waals surface area contributed by atoms with Gasteiger partial charge in [0.05, 0.1) is 6.20 Å². The largest absolute Gasteiger partial charge is 0.352 e. The first kappa shape index (κ1) is 16.4. The Kier molecular flexibility index (Phi) is 5.02. The molecule has 1 saturated heterocycles. The average Bonchev–Trinajstić information content (AvgIpc) is 3.10. The van der Waals surface area contributed by atoms with Crippen molar-refractivity contribution in [2.45, 2.75) is 32.6 Å². The van der Waals surface area contributed by atoms with Gasteiger partial charge in [-0.2, -0.15) is 4.98 Å². The molecule has 3 heterocycles. The summed E-state index contributed by atoms with van der Waals surface area (Å²) in [6, 6.07) is 0. The number of hydrogen-bond donors (Lipinski definition) is 0. The summed E-state index contributed by atoms with van der Waals surface area (Å²) >= 11 is 0. The molecule has 24 heavy (non-hydrogen) atoms. The molecule has 0 radical (unpaired) electrons. The van der Waals surface area contributed by atoms with E-state index in [1.165, 1.54) is 0 Å². The van der Waals surface area contributed by atoms with Crippen molar-refractivity contribution in [2.24, 2.45) is 0 Å². The smallest absolute Gasteiger partial charge is 0.227 e. The summed E-state index contributed by atoms with van der Waals surface area (Å²) in [7, 11) is 0. The van der Waals surface area contributed by atoms with Gasteiger partial charge in [0.1, 0.15) is 5.82 Å². The molecule has 0 N–H and O–H groups in total. The molecule has 0 aromatic carbocycles. The number of amides is 1. The topological polar surface area (TPSA) is 88.3 Å². The van der Waals surface area contributed by atoms with Crippen molar-refractivity contribution < 1.29 is 9.32 Å². The summed E-state index contributed by atoms with van der Waals surface area (Å²) in [5, 5.41) is 3.92. The van der Waals surface area contributed by atoms with Crippen molar-refractivity contribution >= 4 is 11.7 Å². The van der Waals surface area contributed by atoms with Crippen LogP contribution in [0.4, 0.5) is 5.82 Å². The summed E-state index contributed by atoms with van der Waals surface area (Å²) in [4.78, 5) is 29.1. The highest BCUT2D eigenvalue weighted by Gasteiger charge is 2.22. The lowest BCUT2D eigenvalue weighted by Gasteiger charge is -2.35. The van der Waals surface area contributed by atoms with Crippen LogP contribution in [0.1, 0.15) is 37.9 Å². The number of carbonyl (C=O) groups excluding carboxylic acids is 1. The van der Waals surface area contributed by atoms with Crippen molar-refractivity contribution in [1.29, 1.82) is 0 Å². The number of nitrogens with zero attached hydrogens (tertiary/aromatic N) is 6. The van der Waals surface area contributed by atoms with Crippen LogP contribution >= 0.6 is 0 Å². The fourth-order valence-electron chi connectivity index (χ4n) is 2.62. The van der Waals surface area contributed by atoms with Crippen LogP contribution in [0.15, 0.2) is 23.1 Å². The summed E-state index contributed by atoms with van der Waals surface area (Å²) in [5.74, 6) is 2.43. The van der Waals surface area contributed by atoms with Gasteiger partial charge in [-0.3, -0.25) is 9.78 Å². The van der Waals surface area contributed by atoms with Crippen molar-refractivity contribution in [1.82, 2.24) is 25.0 Å². The SMILES string of the molecule is CC(C)c1noc(CCC(=O)N2CCN(c3cnccn3)CC2)n1. The summed E-state index contributed by atoms with van der Waals surface area (Å²) in [5.41, 5.74) is 0. The third-order valence-corrected chi connectivity index (χ3v) is 4.06. The van der Waals surface area contributed by atoms with Gasteiger partial charge >= 0.3 is 0 Å². The monoisotopic (exact) mass is 330 g/mol. The number of aromatic nitrogens is 4. The second-order valence-corrected chi connectivity index (χ2v) is 6.13. The Morgan fingerprint density at radius 3 is 2.67 bits per heavy atom. The molecule has 0 bridgehead atoms. The summed E-state index contributed by atoms with van der Waals surface area (Å²) in [6.07, 6.45) is 5.97. The number of hydrogen-bond acceptors (Lipinski definition) is 7. The maximum Gasteiger partial charge on any atom is 0.227 e. The second-order valence-electron chi connectivity index (χ2n) is 6.13. The van der Waals surface area contributed by atoms with Gasteiger partial charge < -0.3 is 14.3 Å². The Hall–Kier alpha value is -2.51. The van der Waals surface area contributed by atoms with Crippen LogP contribution in [-0.2, 0) is 11.2 Å². The van der Waals surface area contributed by atoms with Gasteiger partial charge in [0.25, 0.3) is 0 Å². The molecule has 0 saturated carbocycles. The Morgan fingerprint density at radius 1 is 1.25 bits per heavy atom. The second kappa shape index (κ2) is 7.37. The van der Waals surface area contributed by atoms with Crippen molar-refractivity contribution in [2.75, 3.05) is 31.1 Å². The molecule has 1 aliphatic heterocycles. The molecule has 2 aromatic rings. The van der Waals surface area contributed by atoms with Crippen molar-refractivity contribution in [3.05, 3.63) is 30.3 Å². The predicted molar refractivity (Wildman–Crippen MR) is 87.5 cm³/mol. The molecule has 0 aliphatic carbocycles. The van der Waals surface area contributed by atoms with Crippen LogP contribution in [0.3, 0.4) is 0 Å². The van der Waals surface area contributed by atoms with Gasteiger partial charge in [-0.1, -0.05) is 19.0 Å². The first-order valence-corrected chi connectivity index (χ1v) is 8.24. The molecule has 1 fully saturated rings. The van der Waals surface area contributed by atoms with Crippen molar-refractivity contribution in [3.63, 3.8) is 0 Å². The number of anilines is 1. The van der Waals surface area contributed by atoms with E-state index in [2.05, 4.69) is 25.0 Å². The van der Waals surface area contributed by atoms with Gasteiger partial charge in [-0.25, -0.2) is 4.98 Å². The van der Waals surface area contributed by atoms with Crippen LogP contribution in [0.25, 0.3) is 0 Å². The molecular weight excluding hydrogens is 308 g/mol. The Bertz CT molecular complexity index is 664. The first-order valence-electron chi connectivity index (χ1n) is 8.24. The van der Waals surface area contributed by atoms with E-state index in [-0.39, 0.29) is 11.8 Å². The third kappa shape index (κ3) is 3.87. The van der Waals surface area contributed by atoms with Gasteiger partial charge in [-0.05, 0) is 0 Å². The minimum atomic E-state index is 0.123. The molecule has 0 spiro atoms. The fourth-order valence-corrected chi connectivity index (χ4v) is 2.62. The highest BCUT2D eigenvalue weighted by molar-refractivity contribution is 5.76. The lowest BCUT2D eigenvalue weighted by Crippen LogP contribution is -2.49. The number of aryl methyl sites for hydroxylation is 1. The van der Waals surface area contributed by atoms with E-state index in [9.17, 15) is 4.79 Å².